The number of aldehydes is 1. The van der Waals surface area contributed by atoms with Gasteiger partial charge in [0.2, 0.25) is 0 Å². The predicted molar refractivity (Wildman–Crippen MR) is 77.8 cm³/mol. The molecule has 1 N–H and O–H groups in total. The number of carbonyl (C=O) groups is 3. The lowest BCUT2D eigenvalue weighted by Crippen LogP contribution is -2.21. The van der Waals surface area contributed by atoms with E-state index >= 15 is 0 Å². The van der Waals surface area contributed by atoms with E-state index in [4.69, 9.17) is 9.47 Å². The van der Waals surface area contributed by atoms with Crippen molar-refractivity contribution in [3.05, 3.63) is 47.9 Å². The average molecular weight is 313 g/mol. The SMILES string of the molecule is Cc1cc(Nn2ccc3c2OC(=O)/C(C=O)=C\C(=O)O3)ccn1. The maximum atomic E-state index is 11.9. The van der Waals surface area contributed by atoms with Crippen LogP contribution in [0.3, 0.4) is 0 Å². The molecule has 8 nitrogen and oxygen atoms in total. The van der Waals surface area contributed by atoms with Gasteiger partial charge in [0, 0.05) is 30.2 Å². The van der Waals surface area contributed by atoms with E-state index in [-0.39, 0.29) is 17.9 Å². The minimum atomic E-state index is -0.939. The molecule has 2 aromatic rings. The lowest BCUT2D eigenvalue weighted by Gasteiger charge is -2.14. The molecule has 116 valence electrons. The van der Waals surface area contributed by atoms with Crippen LogP contribution in [0.5, 0.6) is 11.6 Å². The van der Waals surface area contributed by atoms with E-state index in [1.807, 2.05) is 6.92 Å². The molecule has 0 amide bonds. The van der Waals surface area contributed by atoms with Crippen LogP contribution in [0.25, 0.3) is 0 Å². The lowest BCUT2D eigenvalue weighted by atomic mass is 10.3. The molecule has 0 saturated carbocycles. The van der Waals surface area contributed by atoms with Crippen LogP contribution in [0.4, 0.5) is 5.69 Å². The molecule has 0 atom stereocenters. The standard InChI is InChI=1S/C15H11N3O5/c1-9-6-11(2-4-16-9)17-18-5-3-12-14(18)23-15(21)10(8-19)7-13(20)22-12/h2-8H,1H3,(H,16,17)/b10-7-. The third-order valence-electron chi connectivity index (χ3n) is 2.99. The number of pyridine rings is 1. The molecular weight excluding hydrogens is 302 g/mol. The van der Waals surface area contributed by atoms with Crippen LogP contribution in [-0.2, 0) is 14.4 Å². The summed E-state index contributed by atoms with van der Waals surface area (Å²) in [5.74, 6) is -1.75. The minimum Gasteiger partial charge on any atom is -0.417 e. The second-order valence-corrected chi connectivity index (χ2v) is 4.68. The molecule has 0 aromatic carbocycles. The van der Waals surface area contributed by atoms with Gasteiger partial charge >= 0.3 is 11.9 Å². The number of fused-ring (bicyclic) bond motifs is 1. The number of hydrogen-bond acceptors (Lipinski definition) is 7. The van der Waals surface area contributed by atoms with Gasteiger partial charge in [0.15, 0.2) is 12.0 Å². The molecule has 0 fully saturated rings. The van der Waals surface area contributed by atoms with Crippen LogP contribution in [0, 0.1) is 6.92 Å². The smallest absolute Gasteiger partial charge is 0.348 e. The van der Waals surface area contributed by atoms with Crippen LogP contribution in [-0.4, -0.2) is 27.9 Å². The molecule has 23 heavy (non-hydrogen) atoms. The largest absolute Gasteiger partial charge is 0.417 e. The third-order valence-corrected chi connectivity index (χ3v) is 2.99. The van der Waals surface area contributed by atoms with Crippen molar-refractivity contribution in [3.63, 3.8) is 0 Å². The van der Waals surface area contributed by atoms with Crippen molar-refractivity contribution in [3.8, 4) is 11.6 Å². The number of rotatable bonds is 3. The highest BCUT2D eigenvalue weighted by Crippen LogP contribution is 2.30. The number of hydrogen-bond donors (Lipinski definition) is 1. The molecule has 1 aliphatic heterocycles. The average Bonchev–Trinajstić information content (AvgIpc) is 2.85. The molecule has 3 rings (SSSR count). The number of esters is 2. The second kappa shape index (κ2) is 5.76. The maximum Gasteiger partial charge on any atom is 0.348 e. The normalized spacial score (nSPS) is 16.1. The Hall–Kier alpha value is -3.42. The summed E-state index contributed by atoms with van der Waals surface area (Å²) >= 11 is 0. The fourth-order valence-corrected chi connectivity index (χ4v) is 1.97. The highest BCUT2D eigenvalue weighted by atomic mass is 16.6. The number of aromatic nitrogens is 2. The minimum absolute atomic E-state index is 0.0368. The summed E-state index contributed by atoms with van der Waals surface area (Å²) in [4.78, 5) is 38.4. The van der Waals surface area contributed by atoms with E-state index in [9.17, 15) is 14.4 Å². The number of ether oxygens (including phenoxy) is 2. The van der Waals surface area contributed by atoms with Crippen molar-refractivity contribution in [1.29, 1.82) is 0 Å². The van der Waals surface area contributed by atoms with Gasteiger partial charge in [-0.2, -0.15) is 0 Å². The Bertz CT molecular complexity index is 837. The summed E-state index contributed by atoms with van der Waals surface area (Å²) in [7, 11) is 0. The molecule has 0 spiro atoms. The molecule has 0 bridgehead atoms. The molecule has 0 radical (unpaired) electrons. The monoisotopic (exact) mass is 313 g/mol. The third kappa shape index (κ3) is 2.95. The lowest BCUT2D eigenvalue weighted by molar-refractivity contribution is -0.135. The van der Waals surface area contributed by atoms with Crippen LogP contribution in [0.1, 0.15) is 5.69 Å². The Balaban J connectivity index is 1.96. The zero-order chi connectivity index (χ0) is 16.4. The van der Waals surface area contributed by atoms with Crippen molar-refractivity contribution in [2.45, 2.75) is 6.92 Å². The molecule has 8 heteroatoms. The summed E-state index contributed by atoms with van der Waals surface area (Å²) in [5.41, 5.74) is 4.02. The van der Waals surface area contributed by atoms with E-state index in [2.05, 4.69) is 10.4 Å². The highest BCUT2D eigenvalue weighted by Gasteiger charge is 2.24. The quantitative estimate of drug-likeness (QED) is 0.513. The van der Waals surface area contributed by atoms with Crippen molar-refractivity contribution in [2.75, 3.05) is 5.43 Å². The van der Waals surface area contributed by atoms with Gasteiger partial charge in [-0.3, -0.25) is 15.2 Å². The topological polar surface area (TPSA) is 99.5 Å². The first kappa shape index (κ1) is 14.5. The molecule has 1 aliphatic rings. The van der Waals surface area contributed by atoms with Crippen LogP contribution in [0.2, 0.25) is 0 Å². The van der Waals surface area contributed by atoms with Crippen molar-refractivity contribution < 1.29 is 23.9 Å². The number of anilines is 1. The fourth-order valence-electron chi connectivity index (χ4n) is 1.97. The number of nitrogens with zero attached hydrogens (tertiary/aromatic N) is 2. The van der Waals surface area contributed by atoms with Gasteiger partial charge in [-0.05, 0) is 19.1 Å². The van der Waals surface area contributed by atoms with E-state index in [0.717, 1.165) is 11.8 Å². The first-order chi connectivity index (χ1) is 11.1. The summed E-state index contributed by atoms with van der Waals surface area (Å²) in [6.45, 7) is 1.83. The fraction of sp³-hybridized carbons (Fsp3) is 0.0667. The predicted octanol–water partition coefficient (Wildman–Crippen LogP) is 1.02. The number of carbonyl (C=O) groups excluding carboxylic acids is 3. The zero-order valence-corrected chi connectivity index (χ0v) is 12.0. The summed E-state index contributed by atoms with van der Waals surface area (Å²) < 4.78 is 11.5. The van der Waals surface area contributed by atoms with E-state index in [0.29, 0.717) is 5.69 Å². The summed E-state index contributed by atoms with van der Waals surface area (Å²) in [5, 5.41) is 0. The van der Waals surface area contributed by atoms with Gasteiger partial charge in [0.25, 0.3) is 5.88 Å². The Morgan fingerprint density at radius 2 is 2.09 bits per heavy atom. The Kier molecular flexibility index (Phi) is 3.63. The van der Waals surface area contributed by atoms with Gasteiger partial charge in [0.1, 0.15) is 5.57 Å². The first-order valence-electron chi connectivity index (χ1n) is 6.59. The van der Waals surface area contributed by atoms with E-state index < -0.39 is 17.5 Å². The number of aryl methyl sites for hydroxylation is 1. The van der Waals surface area contributed by atoms with Gasteiger partial charge < -0.3 is 9.47 Å². The zero-order valence-electron chi connectivity index (χ0n) is 12.0. The summed E-state index contributed by atoms with van der Waals surface area (Å²) in [6.07, 6.45) is 4.16. The highest BCUT2D eigenvalue weighted by molar-refractivity contribution is 6.13. The van der Waals surface area contributed by atoms with Crippen molar-refractivity contribution in [2.24, 2.45) is 0 Å². The van der Waals surface area contributed by atoms with Crippen LogP contribution in [0.15, 0.2) is 42.2 Å². The Morgan fingerprint density at radius 3 is 2.83 bits per heavy atom. The first-order valence-corrected chi connectivity index (χ1v) is 6.59. The van der Waals surface area contributed by atoms with Crippen molar-refractivity contribution in [1.82, 2.24) is 9.66 Å². The molecular formula is C15H11N3O5. The Labute approximate surface area is 130 Å². The maximum absolute atomic E-state index is 11.9. The molecule has 3 heterocycles. The van der Waals surface area contributed by atoms with Gasteiger partial charge in [0.05, 0.1) is 5.69 Å². The van der Waals surface area contributed by atoms with Crippen molar-refractivity contribution >= 4 is 23.9 Å². The Morgan fingerprint density at radius 1 is 1.26 bits per heavy atom. The molecule has 2 aromatic heterocycles. The van der Waals surface area contributed by atoms with Gasteiger partial charge in [-0.15, -0.1) is 0 Å². The van der Waals surface area contributed by atoms with Gasteiger partial charge in [-0.25, -0.2) is 14.3 Å². The van der Waals surface area contributed by atoms with Crippen LogP contribution < -0.4 is 14.9 Å². The van der Waals surface area contributed by atoms with E-state index in [1.165, 1.54) is 16.9 Å². The number of nitrogens with one attached hydrogen (secondary N) is 1. The summed E-state index contributed by atoms with van der Waals surface area (Å²) in [6, 6.07) is 4.95. The molecule has 0 unspecified atom stereocenters. The second-order valence-electron chi connectivity index (χ2n) is 4.68. The molecule has 0 aliphatic carbocycles. The molecule has 0 saturated heterocycles. The van der Waals surface area contributed by atoms with Gasteiger partial charge in [-0.1, -0.05) is 0 Å². The van der Waals surface area contributed by atoms with Crippen LogP contribution >= 0.6 is 0 Å². The van der Waals surface area contributed by atoms with E-state index in [1.54, 1.807) is 18.3 Å².